The third-order valence-electron chi connectivity index (χ3n) is 4.28. The van der Waals surface area contributed by atoms with Crippen LogP contribution in [0.2, 0.25) is 0 Å². The lowest BCUT2D eigenvalue weighted by atomic mass is 9.98. The van der Waals surface area contributed by atoms with Crippen molar-refractivity contribution in [2.24, 2.45) is 0 Å². The Hall–Kier alpha value is -1.57. The van der Waals surface area contributed by atoms with Gasteiger partial charge < -0.3 is 10.1 Å². The number of carbonyl (C=O) groups is 1. The second-order valence-corrected chi connectivity index (χ2v) is 8.41. The third kappa shape index (κ3) is 4.32. The van der Waals surface area contributed by atoms with E-state index < -0.39 is 81.1 Å². The Labute approximate surface area is 176 Å². The number of rotatable bonds is 8. The van der Waals surface area contributed by atoms with Gasteiger partial charge in [-0.05, 0) is 6.92 Å². The molecule has 1 N–H and O–H groups in total. The molecule has 20 heteroatoms. The van der Waals surface area contributed by atoms with Crippen molar-refractivity contribution in [2.45, 2.75) is 48.1 Å². The zero-order valence-electron chi connectivity index (χ0n) is 15.8. The van der Waals surface area contributed by atoms with Crippen LogP contribution in [0.1, 0.15) is 6.92 Å². The van der Waals surface area contributed by atoms with E-state index in [0.717, 1.165) is 0 Å². The molecule has 196 valence electrons. The highest BCUT2D eigenvalue weighted by molar-refractivity contribution is 7.90. The predicted molar refractivity (Wildman–Crippen MR) is 79.7 cm³/mol. The van der Waals surface area contributed by atoms with Gasteiger partial charge in [0.05, 0.1) is 6.61 Å². The molecule has 33 heavy (non-hydrogen) atoms. The maximum Gasteiger partial charge on any atom is 0.460 e. The number of ether oxygens (including phenoxy) is 1. The minimum atomic E-state index is -8.25. The molecule has 1 fully saturated rings. The van der Waals surface area contributed by atoms with Gasteiger partial charge in [-0.2, -0.15) is 61.4 Å². The molecule has 0 bridgehead atoms. The van der Waals surface area contributed by atoms with Crippen molar-refractivity contribution in [3.05, 3.63) is 0 Å². The van der Waals surface area contributed by atoms with E-state index in [2.05, 4.69) is 10.1 Å². The zero-order chi connectivity index (χ0) is 26.5. The number of hydrogen-bond acceptors (Lipinski definition) is 5. The first kappa shape index (κ1) is 29.5. The highest BCUT2D eigenvalue weighted by Crippen LogP contribution is 2.61. The van der Waals surface area contributed by atoms with E-state index >= 15 is 0 Å². The number of carbonyl (C=O) groups excluding carboxylic acids is 1. The lowest BCUT2D eigenvalue weighted by Crippen LogP contribution is -2.72. The van der Waals surface area contributed by atoms with Gasteiger partial charge in [0.1, 0.15) is 6.04 Å². The van der Waals surface area contributed by atoms with Crippen LogP contribution in [0, 0.1) is 0 Å². The molecular formula is C13H13F13N2O4S. The fourth-order valence-corrected chi connectivity index (χ4v) is 3.87. The van der Waals surface area contributed by atoms with Gasteiger partial charge in [-0.15, -0.1) is 0 Å². The number of halogens is 13. The van der Waals surface area contributed by atoms with Crippen LogP contribution in [0.15, 0.2) is 0 Å². The number of sulfonamides is 1. The van der Waals surface area contributed by atoms with E-state index in [-0.39, 0.29) is 6.61 Å². The molecule has 1 unspecified atom stereocenters. The van der Waals surface area contributed by atoms with Crippen LogP contribution in [0.25, 0.3) is 0 Å². The van der Waals surface area contributed by atoms with Gasteiger partial charge in [0.25, 0.3) is 10.0 Å². The van der Waals surface area contributed by atoms with Crippen LogP contribution in [0.5, 0.6) is 0 Å². The minimum Gasteiger partial charge on any atom is -0.465 e. The molecular weight excluding hydrogens is 527 g/mol. The molecule has 6 nitrogen and oxygen atoms in total. The van der Waals surface area contributed by atoms with Crippen LogP contribution >= 0.6 is 0 Å². The van der Waals surface area contributed by atoms with Gasteiger partial charge in [0.15, 0.2) is 0 Å². The quantitative estimate of drug-likeness (QED) is 0.379. The van der Waals surface area contributed by atoms with Crippen molar-refractivity contribution < 1.29 is 75.0 Å². The summed E-state index contributed by atoms with van der Waals surface area (Å²) in [7, 11) is -7.16. The van der Waals surface area contributed by atoms with Crippen LogP contribution in [0.4, 0.5) is 57.1 Å². The third-order valence-corrected chi connectivity index (χ3v) is 6.19. The van der Waals surface area contributed by atoms with E-state index in [1.807, 2.05) is 0 Å². The fraction of sp³-hybridized carbons (Fsp3) is 0.923. The van der Waals surface area contributed by atoms with Gasteiger partial charge in [0.2, 0.25) is 0 Å². The van der Waals surface area contributed by atoms with Gasteiger partial charge in [0, 0.05) is 19.6 Å². The molecule has 0 aliphatic carbocycles. The monoisotopic (exact) mass is 540 g/mol. The first-order valence-electron chi connectivity index (χ1n) is 8.30. The van der Waals surface area contributed by atoms with E-state index in [1.54, 1.807) is 0 Å². The average Bonchev–Trinajstić information content (AvgIpc) is 2.66. The topological polar surface area (TPSA) is 75.7 Å². The van der Waals surface area contributed by atoms with E-state index in [0.29, 0.717) is 0 Å². The fourth-order valence-electron chi connectivity index (χ4n) is 2.42. The molecule has 0 aromatic heterocycles. The summed E-state index contributed by atoms with van der Waals surface area (Å²) in [5.41, 5.74) is 0. The number of nitrogens with zero attached hydrogens (tertiary/aromatic N) is 1. The lowest BCUT2D eigenvalue weighted by molar-refractivity contribution is -0.433. The van der Waals surface area contributed by atoms with Crippen molar-refractivity contribution in [2.75, 3.05) is 26.2 Å². The van der Waals surface area contributed by atoms with E-state index in [9.17, 15) is 70.3 Å². The summed E-state index contributed by atoms with van der Waals surface area (Å²) >= 11 is 0. The molecule has 1 heterocycles. The molecule has 1 atom stereocenters. The number of esters is 1. The number of nitrogens with one attached hydrogen (secondary N) is 1. The Kier molecular flexibility index (Phi) is 7.66. The molecule has 0 aromatic carbocycles. The standard InChI is InChI=1S/C13H13F13N2O4S/c1-2-32-7(29)6-5-28(4-3-27-6)33(30,31)13(25,26)11(20,21)9(16,17)8(14,15)10(18,19)12(22,23)24/h6,27H,2-5H2,1H3. The number of piperazine rings is 1. The van der Waals surface area contributed by atoms with Gasteiger partial charge in [-0.3, -0.25) is 4.79 Å². The highest BCUT2D eigenvalue weighted by Gasteiger charge is 2.92. The summed E-state index contributed by atoms with van der Waals surface area (Å²) in [5.74, 6) is -33.8. The molecule has 0 amide bonds. The molecule has 0 radical (unpaired) electrons. The summed E-state index contributed by atoms with van der Waals surface area (Å²) in [6, 6.07) is -1.82. The summed E-state index contributed by atoms with van der Waals surface area (Å²) in [6.45, 7) is -2.57. The Bertz CT molecular complexity index is 844. The van der Waals surface area contributed by atoms with Crippen molar-refractivity contribution in [1.29, 1.82) is 0 Å². The maximum atomic E-state index is 14.1. The molecule has 0 aromatic rings. The number of hydrogen-bond donors (Lipinski definition) is 1. The smallest absolute Gasteiger partial charge is 0.460 e. The lowest BCUT2D eigenvalue weighted by Gasteiger charge is -2.41. The van der Waals surface area contributed by atoms with Crippen molar-refractivity contribution in [3.8, 4) is 0 Å². The molecule has 1 aliphatic rings. The number of alkyl halides is 13. The van der Waals surface area contributed by atoms with Crippen LogP contribution in [0.3, 0.4) is 0 Å². The Morgan fingerprint density at radius 2 is 1.33 bits per heavy atom. The Balaban J connectivity index is 3.48. The first-order chi connectivity index (χ1) is 14.4. The van der Waals surface area contributed by atoms with Crippen molar-refractivity contribution in [1.82, 2.24) is 9.62 Å². The molecule has 1 rings (SSSR count). The molecule has 1 aliphatic heterocycles. The Morgan fingerprint density at radius 3 is 1.76 bits per heavy atom. The van der Waals surface area contributed by atoms with Crippen molar-refractivity contribution in [3.63, 3.8) is 0 Å². The summed E-state index contributed by atoms with van der Waals surface area (Å²) in [6.07, 6.45) is -7.62. The van der Waals surface area contributed by atoms with E-state index in [4.69, 9.17) is 0 Å². The predicted octanol–water partition coefficient (Wildman–Crippen LogP) is 2.85. The van der Waals surface area contributed by atoms with Gasteiger partial charge in [-0.1, -0.05) is 0 Å². The molecule has 0 spiro atoms. The summed E-state index contributed by atoms with van der Waals surface area (Å²) in [5, 5.41) is -5.16. The zero-order valence-corrected chi connectivity index (χ0v) is 16.6. The molecule has 0 saturated carbocycles. The second-order valence-electron chi connectivity index (χ2n) is 6.43. The van der Waals surface area contributed by atoms with E-state index in [1.165, 1.54) is 6.92 Å². The minimum absolute atomic E-state index is 0.341. The molecule has 1 saturated heterocycles. The van der Waals surface area contributed by atoms with Crippen LogP contribution in [-0.2, 0) is 19.6 Å². The Morgan fingerprint density at radius 1 is 0.879 bits per heavy atom. The summed E-state index contributed by atoms with van der Waals surface area (Å²) in [4.78, 5) is 11.6. The van der Waals surface area contributed by atoms with Gasteiger partial charge in [-0.25, -0.2) is 8.42 Å². The second kappa shape index (κ2) is 8.58. The normalized spacial score (nSPS) is 20.6. The summed E-state index contributed by atoms with van der Waals surface area (Å²) < 4.78 is 199. The van der Waals surface area contributed by atoms with Gasteiger partial charge >= 0.3 is 41.1 Å². The van der Waals surface area contributed by atoms with Crippen molar-refractivity contribution >= 4 is 16.0 Å². The first-order valence-corrected chi connectivity index (χ1v) is 9.74. The average molecular weight is 540 g/mol. The van der Waals surface area contributed by atoms with Crippen LogP contribution < -0.4 is 5.32 Å². The largest absolute Gasteiger partial charge is 0.465 e. The highest BCUT2D eigenvalue weighted by atomic mass is 32.2. The maximum absolute atomic E-state index is 14.1. The SMILES string of the molecule is CCOC(=O)C1CN(S(=O)(=O)C(F)(F)C(F)(F)C(F)(F)C(F)(F)C(F)(F)C(F)(F)F)CCN1. The van der Waals surface area contributed by atoms with Crippen LogP contribution in [-0.4, -0.2) is 86.1 Å².